The Morgan fingerprint density at radius 1 is 1.17 bits per heavy atom. The molecule has 0 aromatic carbocycles. The highest BCUT2D eigenvalue weighted by Gasteiger charge is 2.47. The topological polar surface area (TPSA) is 3.01 Å². The van der Waals surface area contributed by atoms with E-state index in [0.717, 1.165) is 18.0 Å². The summed E-state index contributed by atoms with van der Waals surface area (Å²) in [6.07, 6.45) is 0. The third-order valence-electron chi connectivity index (χ3n) is 3.66. The highest BCUT2D eigenvalue weighted by Crippen LogP contribution is 2.41. The highest BCUT2D eigenvalue weighted by molar-refractivity contribution is 5.02. The molecule has 1 rings (SSSR count). The fraction of sp³-hybridized carbons (Fsp3) is 1.00. The smallest absolute Gasteiger partial charge is 0.0280 e. The van der Waals surface area contributed by atoms with Gasteiger partial charge in [-0.05, 0) is 25.2 Å². The number of hydrogen-bond donors (Lipinski definition) is 0. The van der Waals surface area contributed by atoms with Gasteiger partial charge >= 0.3 is 0 Å². The van der Waals surface area contributed by atoms with E-state index in [1.165, 1.54) is 6.54 Å². The number of rotatable bonds is 3. The standard InChI is InChI=1S/C11H23N/c1-8(2)11(5,6)10-7-12(10)9(3)4/h8-10H,7H2,1-6H3. The molecular weight excluding hydrogens is 146 g/mol. The van der Waals surface area contributed by atoms with E-state index in [1.54, 1.807) is 0 Å². The monoisotopic (exact) mass is 169 g/mol. The predicted octanol–water partition coefficient (Wildman–Crippen LogP) is 2.76. The fourth-order valence-corrected chi connectivity index (χ4v) is 1.77. The zero-order chi connectivity index (χ0) is 9.52. The summed E-state index contributed by atoms with van der Waals surface area (Å²) in [5, 5.41) is 0. The normalized spacial score (nSPS) is 30.0. The van der Waals surface area contributed by atoms with Crippen molar-refractivity contribution in [3.63, 3.8) is 0 Å². The summed E-state index contributed by atoms with van der Waals surface area (Å²) in [5.74, 6) is 0.784. The Balaban J connectivity index is 2.52. The quantitative estimate of drug-likeness (QED) is 0.587. The van der Waals surface area contributed by atoms with E-state index in [4.69, 9.17) is 0 Å². The summed E-state index contributed by atoms with van der Waals surface area (Å²) in [6, 6.07) is 1.56. The van der Waals surface area contributed by atoms with Gasteiger partial charge in [0, 0.05) is 18.6 Å². The first-order valence-electron chi connectivity index (χ1n) is 5.13. The van der Waals surface area contributed by atoms with Crippen molar-refractivity contribution in [2.45, 2.75) is 53.6 Å². The molecule has 0 spiro atoms. The molecule has 0 radical (unpaired) electrons. The lowest BCUT2D eigenvalue weighted by Crippen LogP contribution is -2.30. The highest BCUT2D eigenvalue weighted by atomic mass is 15.3. The van der Waals surface area contributed by atoms with Gasteiger partial charge in [-0.2, -0.15) is 0 Å². The molecular formula is C11H23N. The summed E-state index contributed by atoms with van der Waals surface area (Å²) >= 11 is 0. The van der Waals surface area contributed by atoms with Crippen molar-refractivity contribution in [3.8, 4) is 0 Å². The molecule has 1 aliphatic heterocycles. The molecule has 0 saturated carbocycles. The Kier molecular flexibility index (Phi) is 2.53. The Bertz CT molecular complexity index is 158. The number of nitrogens with zero attached hydrogens (tertiary/aromatic N) is 1. The van der Waals surface area contributed by atoms with Crippen LogP contribution in [0.1, 0.15) is 41.5 Å². The molecule has 0 bridgehead atoms. The first-order valence-corrected chi connectivity index (χ1v) is 5.13. The second kappa shape index (κ2) is 3.02. The molecule has 2 unspecified atom stereocenters. The van der Waals surface area contributed by atoms with Crippen LogP contribution in [0, 0.1) is 11.3 Å². The van der Waals surface area contributed by atoms with Crippen molar-refractivity contribution < 1.29 is 0 Å². The van der Waals surface area contributed by atoms with E-state index < -0.39 is 0 Å². The molecule has 1 aliphatic rings. The van der Waals surface area contributed by atoms with Crippen LogP contribution in [0.25, 0.3) is 0 Å². The maximum Gasteiger partial charge on any atom is 0.0280 e. The first kappa shape index (κ1) is 10.0. The van der Waals surface area contributed by atoms with Gasteiger partial charge in [0.2, 0.25) is 0 Å². The minimum atomic E-state index is 0.490. The van der Waals surface area contributed by atoms with Gasteiger partial charge in [-0.3, -0.25) is 4.90 Å². The molecule has 0 N–H and O–H groups in total. The molecule has 1 heterocycles. The lowest BCUT2D eigenvalue weighted by Gasteiger charge is -2.30. The summed E-state index contributed by atoms with van der Waals surface area (Å²) < 4.78 is 0. The van der Waals surface area contributed by atoms with Crippen LogP contribution < -0.4 is 0 Å². The molecule has 72 valence electrons. The van der Waals surface area contributed by atoms with E-state index in [0.29, 0.717) is 5.41 Å². The Morgan fingerprint density at radius 2 is 1.67 bits per heavy atom. The third kappa shape index (κ3) is 1.66. The Hall–Kier alpha value is -0.0400. The summed E-state index contributed by atoms with van der Waals surface area (Å²) in [5.41, 5.74) is 0.490. The predicted molar refractivity (Wildman–Crippen MR) is 54.2 cm³/mol. The van der Waals surface area contributed by atoms with Gasteiger partial charge in [0.15, 0.2) is 0 Å². The molecule has 12 heavy (non-hydrogen) atoms. The van der Waals surface area contributed by atoms with Gasteiger partial charge < -0.3 is 0 Å². The van der Waals surface area contributed by atoms with Crippen LogP contribution in [-0.4, -0.2) is 23.5 Å². The second-order valence-electron chi connectivity index (χ2n) is 5.28. The van der Waals surface area contributed by atoms with Gasteiger partial charge in [-0.1, -0.05) is 27.7 Å². The SMILES string of the molecule is CC(C)N1CC1C(C)(C)C(C)C. The van der Waals surface area contributed by atoms with Crippen LogP contribution in [0.4, 0.5) is 0 Å². The van der Waals surface area contributed by atoms with Crippen LogP contribution in [0.2, 0.25) is 0 Å². The molecule has 1 nitrogen and oxygen atoms in total. The van der Waals surface area contributed by atoms with Gasteiger partial charge in [0.25, 0.3) is 0 Å². The van der Waals surface area contributed by atoms with Crippen LogP contribution in [0.5, 0.6) is 0 Å². The van der Waals surface area contributed by atoms with Crippen LogP contribution in [0.3, 0.4) is 0 Å². The lowest BCUT2D eigenvalue weighted by molar-refractivity contribution is 0.199. The molecule has 1 saturated heterocycles. The van der Waals surface area contributed by atoms with E-state index >= 15 is 0 Å². The van der Waals surface area contributed by atoms with Gasteiger partial charge in [-0.25, -0.2) is 0 Å². The first-order chi connectivity index (χ1) is 5.37. The van der Waals surface area contributed by atoms with E-state index in [2.05, 4.69) is 46.4 Å². The van der Waals surface area contributed by atoms with Crippen molar-refractivity contribution in [1.82, 2.24) is 4.90 Å². The van der Waals surface area contributed by atoms with Gasteiger partial charge in [-0.15, -0.1) is 0 Å². The average molecular weight is 169 g/mol. The second-order valence-corrected chi connectivity index (χ2v) is 5.28. The van der Waals surface area contributed by atoms with Crippen molar-refractivity contribution in [2.24, 2.45) is 11.3 Å². The molecule has 0 amide bonds. The molecule has 0 aromatic heterocycles. The maximum atomic E-state index is 2.58. The Labute approximate surface area is 77.1 Å². The molecule has 1 fully saturated rings. The molecule has 0 aliphatic carbocycles. The van der Waals surface area contributed by atoms with Gasteiger partial charge in [0.05, 0.1) is 0 Å². The summed E-state index contributed by atoms with van der Waals surface area (Å²) in [4.78, 5) is 2.58. The molecule has 2 atom stereocenters. The largest absolute Gasteiger partial charge is 0.295 e. The average Bonchev–Trinajstić information content (AvgIpc) is 2.63. The Morgan fingerprint density at radius 3 is 1.92 bits per heavy atom. The van der Waals surface area contributed by atoms with E-state index in [-0.39, 0.29) is 0 Å². The maximum absolute atomic E-state index is 2.58. The zero-order valence-electron chi connectivity index (χ0n) is 9.39. The van der Waals surface area contributed by atoms with Crippen molar-refractivity contribution in [2.75, 3.05) is 6.54 Å². The van der Waals surface area contributed by atoms with Crippen LogP contribution in [-0.2, 0) is 0 Å². The minimum Gasteiger partial charge on any atom is -0.295 e. The fourth-order valence-electron chi connectivity index (χ4n) is 1.77. The van der Waals surface area contributed by atoms with Gasteiger partial charge in [0.1, 0.15) is 0 Å². The van der Waals surface area contributed by atoms with E-state index in [1.807, 2.05) is 0 Å². The zero-order valence-corrected chi connectivity index (χ0v) is 9.39. The third-order valence-corrected chi connectivity index (χ3v) is 3.66. The van der Waals surface area contributed by atoms with E-state index in [9.17, 15) is 0 Å². The summed E-state index contributed by atoms with van der Waals surface area (Å²) in [6.45, 7) is 15.3. The lowest BCUT2D eigenvalue weighted by atomic mass is 9.78. The summed E-state index contributed by atoms with van der Waals surface area (Å²) in [7, 11) is 0. The van der Waals surface area contributed by atoms with Crippen LogP contribution >= 0.6 is 0 Å². The van der Waals surface area contributed by atoms with Crippen molar-refractivity contribution >= 4 is 0 Å². The van der Waals surface area contributed by atoms with Crippen molar-refractivity contribution in [1.29, 1.82) is 0 Å². The minimum absolute atomic E-state index is 0.490. The van der Waals surface area contributed by atoms with Crippen molar-refractivity contribution in [3.05, 3.63) is 0 Å². The molecule has 0 aromatic rings. The number of hydrogen-bond acceptors (Lipinski definition) is 1. The van der Waals surface area contributed by atoms with Crippen LogP contribution in [0.15, 0.2) is 0 Å². The molecule has 1 heteroatoms.